The van der Waals surface area contributed by atoms with Gasteiger partial charge in [0.25, 0.3) is 0 Å². The Bertz CT molecular complexity index is 810. The Hall–Kier alpha value is -3.08. The van der Waals surface area contributed by atoms with Crippen LogP contribution < -0.4 is 10.6 Å². The number of carbonyl (C=O) groups excluding carboxylic acids is 2. The number of furan rings is 1. The first kappa shape index (κ1) is 13.9. The van der Waals surface area contributed by atoms with Gasteiger partial charge in [0, 0.05) is 5.69 Å². The Balaban J connectivity index is 1.63. The molecule has 2 N–H and O–H groups in total. The van der Waals surface area contributed by atoms with Crippen molar-refractivity contribution in [1.29, 1.82) is 0 Å². The maximum absolute atomic E-state index is 11.9. The van der Waals surface area contributed by atoms with Crippen LogP contribution in [0.15, 0.2) is 65.3 Å². The number of fused-ring (bicyclic) bond motifs is 1. The maximum Gasteiger partial charge on any atom is 0.313 e. The van der Waals surface area contributed by atoms with E-state index in [-0.39, 0.29) is 6.54 Å². The smallest absolute Gasteiger partial charge is 0.313 e. The molecular weight excluding hydrogens is 280 g/mol. The van der Waals surface area contributed by atoms with Crippen LogP contribution in [0.25, 0.3) is 10.8 Å². The molecule has 0 aliphatic rings. The molecule has 2 amide bonds. The summed E-state index contributed by atoms with van der Waals surface area (Å²) < 4.78 is 5.08. The zero-order valence-corrected chi connectivity index (χ0v) is 11.7. The Morgan fingerprint density at radius 1 is 0.909 bits per heavy atom. The number of carbonyl (C=O) groups is 2. The summed E-state index contributed by atoms with van der Waals surface area (Å²) in [5, 5.41) is 7.15. The molecule has 0 fully saturated rings. The van der Waals surface area contributed by atoms with E-state index in [0.717, 1.165) is 10.8 Å². The second-order valence-electron chi connectivity index (χ2n) is 4.78. The molecule has 5 heteroatoms. The molecule has 22 heavy (non-hydrogen) atoms. The van der Waals surface area contributed by atoms with Crippen LogP contribution in [-0.2, 0) is 16.1 Å². The summed E-state index contributed by atoms with van der Waals surface area (Å²) in [7, 11) is 0. The van der Waals surface area contributed by atoms with Gasteiger partial charge in [-0.2, -0.15) is 0 Å². The van der Waals surface area contributed by atoms with Crippen LogP contribution >= 0.6 is 0 Å². The van der Waals surface area contributed by atoms with E-state index < -0.39 is 11.8 Å². The molecule has 0 bridgehead atoms. The molecule has 2 aromatic carbocycles. The molecule has 1 heterocycles. The molecule has 3 aromatic rings. The first-order chi connectivity index (χ1) is 10.7. The van der Waals surface area contributed by atoms with Gasteiger partial charge in [-0.05, 0) is 35.0 Å². The number of rotatable bonds is 3. The van der Waals surface area contributed by atoms with E-state index in [9.17, 15) is 9.59 Å². The minimum Gasteiger partial charge on any atom is -0.467 e. The van der Waals surface area contributed by atoms with Gasteiger partial charge in [0.15, 0.2) is 0 Å². The summed E-state index contributed by atoms with van der Waals surface area (Å²) in [5.41, 5.74) is 0.580. The van der Waals surface area contributed by atoms with Gasteiger partial charge in [0.2, 0.25) is 0 Å². The maximum atomic E-state index is 11.9. The Labute approximate surface area is 126 Å². The molecule has 0 aliphatic heterocycles. The second kappa shape index (κ2) is 6.13. The van der Waals surface area contributed by atoms with Crippen molar-refractivity contribution in [3.8, 4) is 0 Å². The SMILES string of the molecule is O=C(NCc1ccco1)C(=O)Nc1ccc2ccccc2c1. The normalized spacial score (nSPS) is 10.4. The van der Waals surface area contributed by atoms with Gasteiger partial charge < -0.3 is 15.1 Å². The molecule has 0 saturated heterocycles. The third-order valence-corrected chi connectivity index (χ3v) is 3.22. The van der Waals surface area contributed by atoms with E-state index in [1.165, 1.54) is 6.26 Å². The fourth-order valence-corrected chi connectivity index (χ4v) is 2.12. The van der Waals surface area contributed by atoms with E-state index in [4.69, 9.17) is 4.42 Å². The van der Waals surface area contributed by atoms with Crippen molar-refractivity contribution in [2.24, 2.45) is 0 Å². The molecule has 0 atom stereocenters. The van der Waals surface area contributed by atoms with Gasteiger partial charge in [-0.1, -0.05) is 30.3 Å². The van der Waals surface area contributed by atoms with Gasteiger partial charge in [-0.15, -0.1) is 0 Å². The minimum absolute atomic E-state index is 0.178. The number of hydrogen-bond donors (Lipinski definition) is 2. The highest BCUT2D eigenvalue weighted by Gasteiger charge is 2.13. The third-order valence-electron chi connectivity index (χ3n) is 3.22. The van der Waals surface area contributed by atoms with E-state index >= 15 is 0 Å². The second-order valence-corrected chi connectivity index (χ2v) is 4.78. The lowest BCUT2D eigenvalue weighted by Gasteiger charge is -2.06. The number of benzene rings is 2. The van der Waals surface area contributed by atoms with E-state index in [1.54, 1.807) is 18.2 Å². The van der Waals surface area contributed by atoms with Crippen LogP contribution in [0.2, 0.25) is 0 Å². The van der Waals surface area contributed by atoms with Crippen molar-refractivity contribution >= 4 is 28.3 Å². The predicted molar refractivity (Wildman–Crippen MR) is 83.1 cm³/mol. The fourth-order valence-electron chi connectivity index (χ4n) is 2.12. The van der Waals surface area contributed by atoms with E-state index in [0.29, 0.717) is 11.4 Å². The van der Waals surface area contributed by atoms with Gasteiger partial charge in [-0.25, -0.2) is 0 Å². The van der Waals surface area contributed by atoms with Crippen molar-refractivity contribution in [3.63, 3.8) is 0 Å². The summed E-state index contributed by atoms with van der Waals surface area (Å²) in [4.78, 5) is 23.6. The van der Waals surface area contributed by atoms with Crippen molar-refractivity contribution < 1.29 is 14.0 Å². The van der Waals surface area contributed by atoms with Crippen LogP contribution in [0.3, 0.4) is 0 Å². The highest BCUT2D eigenvalue weighted by atomic mass is 16.3. The van der Waals surface area contributed by atoms with Gasteiger partial charge in [0.05, 0.1) is 12.8 Å². The van der Waals surface area contributed by atoms with Crippen molar-refractivity contribution in [1.82, 2.24) is 5.32 Å². The van der Waals surface area contributed by atoms with Crippen molar-refractivity contribution in [3.05, 3.63) is 66.6 Å². The van der Waals surface area contributed by atoms with Crippen LogP contribution in [0.4, 0.5) is 5.69 Å². The fraction of sp³-hybridized carbons (Fsp3) is 0.0588. The Morgan fingerprint density at radius 3 is 2.50 bits per heavy atom. The molecule has 0 radical (unpaired) electrons. The van der Waals surface area contributed by atoms with Gasteiger partial charge >= 0.3 is 11.8 Å². The number of anilines is 1. The van der Waals surface area contributed by atoms with E-state index in [1.807, 2.05) is 36.4 Å². The first-order valence-corrected chi connectivity index (χ1v) is 6.83. The molecule has 1 aromatic heterocycles. The molecule has 0 aliphatic carbocycles. The first-order valence-electron chi connectivity index (χ1n) is 6.83. The number of amides is 2. The number of nitrogens with one attached hydrogen (secondary N) is 2. The third kappa shape index (κ3) is 3.15. The Kier molecular flexibility index (Phi) is 3.87. The highest BCUT2D eigenvalue weighted by molar-refractivity contribution is 6.39. The zero-order valence-electron chi connectivity index (χ0n) is 11.7. The lowest BCUT2D eigenvalue weighted by atomic mass is 10.1. The average Bonchev–Trinajstić information content (AvgIpc) is 3.06. The number of hydrogen-bond acceptors (Lipinski definition) is 3. The van der Waals surface area contributed by atoms with Crippen LogP contribution in [0.5, 0.6) is 0 Å². The molecule has 0 spiro atoms. The van der Waals surface area contributed by atoms with Crippen molar-refractivity contribution in [2.45, 2.75) is 6.54 Å². The summed E-state index contributed by atoms with van der Waals surface area (Å²) in [6.07, 6.45) is 1.51. The highest BCUT2D eigenvalue weighted by Crippen LogP contribution is 2.18. The molecule has 110 valence electrons. The van der Waals surface area contributed by atoms with Gasteiger partial charge in [0.1, 0.15) is 5.76 Å². The molecule has 0 unspecified atom stereocenters. The molecule has 0 saturated carbocycles. The zero-order chi connectivity index (χ0) is 15.4. The Morgan fingerprint density at radius 2 is 1.73 bits per heavy atom. The largest absolute Gasteiger partial charge is 0.467 e. The summed E-state index contributed by atoms with van der Waals surface area (Å²) in [5.74, 6) is -0.821. The average molecular weight is 294 g/mol. The van der Waals surface area contributed by atoms with Crippen LogP contribution in [0, 0.1) is 0 Å². The predicted octanol–water partition coefficient (Wildman–Crippen LogP) is 2.69. The quantitative estimate of drug-likeness (QED) is 0.730. The van der Waals surface area contributed by atoms with Crippen molar-refractivity contribution in [2.75, 3.05) is 5.32 Å². The lowest BCUT2D eigenvalue weighted by Crippen LogP contribution is -2.34. The van der Waals surface area contributed by atoms with E-state index in [2.05, 4.69) is 10.6 Å². The topological polar surface area (TPSA) is 71.3 Å². The molecule has 5 nitrogen and oxygen atoms in total. The lowest BCUT2D eigenvalue weighted by molar-refractivity contribution is -0.136. The summed E-state index contributed by atoms with van der Waals surface area (Å²) in [6.45, 7) is 0.178. The monoisotopic (exact) mass is 294 g/mol. The minimum atomic E-state index is -0.707. The van der Waals surface area contributed by atoms with Crippen LogP contribution in [0.1, 0.15) is 5.76 Å². The molecular formula is C17H14N2O3. The summed E-state index contributed by atoms with van der Waals surface area (Å²) in [6, 6.07) is 16.7. The van der Waals surface area contributed by atoms with Crippen LogP contribution in [-0.4, -0.2) is 11.8 Å². The van der Waals surface area contributed by atoms with Gasteiger partial charge in [-0.3, -0.25) is 9.59 Å². The standard InChI is InChI=1S/C17H14N2O3/c20-16(18-11-15-6-3-9-22-15)17(21)19-14-8-7-12-4-1-2-5-13(12)10-14/h1-10H,11H2,(H,18,20)(H,19,21). The molecule has 3 rings (SSSR count). The summed E-state index contributed by atoms with van der Waals surface area (Å²) >= 11 is 0.